The van der Waals surface area contributed by atoms with Gasteiger partial charge in [0.1, 0.15) is 0 Å². The molecule has 0 fully saturated rings. The van der Waals surface area contributed by atoms with E-state index in [0.29, 0.717) is 0 Å². The summed E-state index contributed by atoms with van der Waals surface area (Å²) in [5, 5.41) is 7.35. The van der Waals surface area contributed by atoms with Crippen molar-refractivity contribution in [3.8, 4) is 27.9 Å². The molecular formula is C62H43N3. The van der Waals surface area contributed by atoms with Crippen molar-refractivity contribution in [2.75, 3.05) is 9.80 Å². The van der Waals surface area contributed by atoms with Crippen LogP contribution in [0.3, 0.4) is 0 Å². The molecule has 0 aliphatic rings. The molecule has 0 atom stereocenters. The molecule has 0 aliphatic carbocycles. The standard InChI is InChI=1S/C62H43N3/c1-3-22-50(23-4-1)63(54-40-41-62-58(43-54)57-28-11-12-29-61(57)65(62)60-31-15-19-47-17-8-10-27-56(47)60)52-36-32-44(33-37-52)48-20-13-21-49(42-48)45-34-38-53(39-35-45)64(51-24-5-2-6-25-51)59-30-14-18-46-16-7-9-26-55(46)59/h1-43H. The first-order valence-electron chi connectivity index (χ1n) is 22.3. The monoisotopic (exact) mass is 829 g/mol. The van der Waals surface area contributed by atoms with Crippen LogP contribution in [0.4, 0.5) is 34.1 Å². The summed E-state index contributed by atoms with van der Waals surface area (Å²) < 4.78 is 2.42. The molecule has 0 radical (unpaired) electrons. The predicted octanol–water partition coefficient (Wildman–Crippen LogP) is 17.4. The second-order valence-corrected chi connectivity index (χ2v) is 16.6. The number of para-hydroxylation sites is 3. The van der Waals surface area contributed by atoms with E-state index in [1.807, 2.05) is 0 Å². The lowest BCUT2D eigenvalue weighted by molar-refractivity contribution is 1.20. The van der Waals surface area contributed by atoms with Gasteiger partial charge in [0.25, 0.3) is 0 Å². The first-order valence-corrected chi connectivity index (χ1v) is 22.3. The van der Waals surface area contributed by atoms with E-state index in [1.165, 1.54) is 71.3 Å². The molecule has 0 spiro atoms. The van der Waals surface area contributed by atoms with E-state index in [0.717, 1.165) is 34.1 Å². The van der Waals surface area contributed by atoms with Gasteiger partial charge >= 0.3 is 0 Å². The maximum atomic E-state index is 2.42. The highest BCUT2D eigenvalue weighted by Crippen LogP contribution is 2.42. The van der Waals surface area contributed by atoms with Crippen molar-refractivity contribution in [3.63, 3.8) is 0 Å². The molecule has 306 valence electrons. The van der Waals surface area contributed by atoms with Gasteiger partial charge in [-0.15, -0.1) is 0 Å². The van der Waals surface area contributed by atoms with Crippen molar-refractivity contribution in [2.24, 2.45) is 0 Å². The number of hydrogen-bond donors (Lipinski definition) is 0. The smallest absolute Gasteiger partial charge is 0.0542 e. The number of rotatable bonds is 9. The zero-order valence-corrected chi connectivity index (χ0v) is 35.7. The quantitative estimate of drug-likeness (QED) is 0.144. The maximum absolute atomic E-state index is 2.42. The number of benzene rings is 11. The Balaban J connectivity index is 0.884. The summed E-state index contributed by atoms with van der Waals surface area (Å²) in [4.78, 5) is 4.72. The van der Waals surface area contributed by atoms with Gasteiger partial charge in [0, 0.05) is 50.0 Å². The first-order chi connectivity index (χ1) is 32.2. The number of aromatic nitrogens is 1. The minimum atomic E-state index is 1.10. The van der Waals surface area contributed by atoms with Crippen LogP contribution in [0.5, 0.6) is 0 Å². The van der Waals surface area contributed by atoms with Gasteiger partial charge in [-0.25, -0.2) is 0 Å². The number of fused-ring (bicyclic) bond motifs is 5. The maximum Gasteiger partial charge on any atom is 0.0542 e. The third kappa shape index (κ3) is 6.87. The molecule has 1 aromatic heterocycles. The molecule has 11 aromatic carbocycles. The third-order valence-corrected chi connectivity index (χ3v) is 12.7. The molecular weight excluding hydrogens is 787 g/mol. The van der Waals surface area contributed by atoms with E-state index >= 15 is 0 Å². The largest absolute Gasteiger partial charge is 0.310 e. The average molecular weight is 830 g/mol. The zero-order chi connectivity index (χ0) is 43.1. The number of hydrogen-bond acceptors (Lipinski definition) is 2. The Kier molecular flexibility index (Phi) is 9.50. The van der Waals surface area contributed by atoms with E-state index in [4.69, 9.17) is 0 Å². The van der Waals surface area contributed by atoms with E-state index in [2.05, 4.69) is 275 Å². The fourth-order valence-electron chi connectivity index (χ4n) is 9.68. The molecule has 0 unspecified atom stereocenters. The van der Waals surface area contributed by atoms with Crippen LogP contribution in [-0.4, -0.2) is 4.57 Å². The molecule has 0 saturated heterocycles. The molecule has 0 saturated carbocycles. The molecule has 12 aromatic rings. The van der Waals surface area contributed by atoms with Gasteiger partial charge in [-0.05, 0) is 124 Å². The van der Waals surface area contributed by atoms with Gasteiger partial charge in [0.2, 0.25) is 0 Å². The Morgan fingerprint density at radius 1 is 0.246 bits per heavy atom. The van der Waals surface area contributed by atoms with Crippen LogP contribution in [-0.2, 0) is 0 Å². The van der Waals surface area contributed by atoms with Crippen LogP contribution in [0.1, 0.15) is 0 Å². The highest BCUT2D eigenvalue weighted by Gasteiger charge is 2.19. The van der Waals surface area contributed by atoms with Gasteiger partial charge in [-0.3, -0.25) is 0 Å². The van der Waals surface area contributed by atoms with Crippen molar-refractivity contribution in [1.82, 2.24) is 4.57 Å². The van der Waals surface area contributed by atoms with Gasteiger partial charge in [0.05, 0.1) is 22.4 Å². The Labute approximate surface area is 378 Å². The molecule has 3 nitrogen and oxygen atoms in total. The second-order valence-electron chi connectivity index (χ2n) is 16.6. The predicted molar refractivity (Wildman–Crippen MR) is 276 cm³/mol. The summed E-state index contributed by atoms with van der Waals surface area (Å²) >= 11 is 0. The van der Waals surface area contributed by atoms with Gasteiger partial charge in [-0.1, -0.05) is 170 Å². The minimum Gasteiger partial charge on any atom is -0.310 e. The molecule has 0 N–H and O–H groups in total. The summed E-state index contributed by atoms with van der Waals surface area (Å²) in [5.41, 5.74) is 15.0. The van der Waals surface area contributed by atoms with E-state index in [9.17, 15) is 0 Å². The normalized spacial score (nSPS) is 11.4. The SMILES string of the molecule is c1ccc(N(c2ccc(-c3cccc(-c4ccc(N(c5ccccc5)c5cccc6ccccc56)cc4)c3)cc2)c2ccc3c(c2)c2ccccc2n3-c2cccc3ccccc23)cc1. The summed E-state index contributed by atoms with van der Waals surface area (Å²) in [5.74, 6) is 0. The molecule has 1 heterocycles. The van der Waals surface area contributed by atoms with E-state index in [1.54, 1.807) is 0 Å². The van der Waals surface area contributed by atoms with E-state index < -0.39 is 0 Å². The Hall–Kier alpha value is -8.66. The zero-order valence-electron chi connectivity index (χ0n) is 35.7. The van der Waals surface area contributed by atoms with Crippen molar-refractivity contribution >= 4 is 77.5 Å². The van der Waals surface area contributed by atoms with Crippen LogP contribution >= 0.6 is 0 Å². The lowest BCUT2D eigenvalue weighted by Gasteiger charge is -2.27. The molecule has 12 rings (SSSR count). The number of nitrogens with zero attached hydrogens (tertiary/aromatic N) is 3. The van der Waals surface area contributed by atoms with Crippen LogP contribution in [0, 0.1) is 0 Å². The minimum absolute atomic E-state index is 1.10. The van der Waals surface area contributed by atoms with Gasteiger partial charge in [-0.2, -0.15) is 0 Å². The Morgan fingerprint density at radius 2 is 0.708 bits per heavy atom. The first kappa shape index (κ1) is 38.0. The van der Waals surface area contributed by atoms with Crippen molar-refractivity contribution in [2.45, 2.75) is 0 Å². The Morgan fingerprint density at radius 3 is 1.38 bits per heavy atom. The van der Waals surface area contributed by atoms with Crippen LogP contribution in [0.15, 0.2) is 261 Å². The average Bonchev–Trinajstić information content (AvgIpc) is 3.71. The van der Waals surface area contributed by atoms with Crippen molar-refractivity contribution in [1.29, 1.82) is 0 Å². The lowest BCUT2D eigenvalue weighted by atomic mass is 9.98. The van der Waals surface area contributed by atoms with Gasteiger partial charge in [0.15, 0.2) is 0 Å². The fourth-order valence-corrected chi connectivity index (χ4v) is 9.68. The van der Waals surface area contributed by atoms with Crippen molar-refractivity contribution in [3.05, 3.63) is 261 Å². The summed E-state index contributed by atoms with van der Waals surface area (Å²) in [7, 11) is 0. The molecule has 0 aliphatic heterocycles. The number of anilines is 6. The van der Waals surface area contributed by atoms with Crippen LogP contribution < -0.4 is 9.80 Å². The molecule has 3 heteroatoms. The summed E-state index contributed by atoms with van der Waals surface area (Å²) in [6.45, 7) is 0. The topological polar surface area (TPSA) is 11.4 Å². The molecule has 65 heavy (non-hydrogen) atoms. The van der Waals surface area contributed by atoms with Crippen LogP contribution in [0.2, 0.25) is 0 Å². The Bertz CT molecular complexity index is 3640. The van der Waals surface area contributed by atoms with Gasteiger partial charge < -0.3 is 14.4 Å². The fraction of sp³-hybridized carbons (Fsp3) is 0. The highest BCUT2D eigenvalue weighted by molar-refractivity contribution is 6.12. The van der Waals surface area contributed by atoms with E-state index in [-0.39, 0.29) is 0 Å². The summed E-state index contributed by atoms with van der Waals surface area (Å²) in [6.07, 6.45) is 0. The highest BCUT2D eigenvalue weighted by atomic mass is 15.1. The lowest BCUT2D eigenvalue weighted by Crippen LogP contribution is -2.10. The molecule has 0 bridgehead atoms. The van der Waals surface area contributed by atoms with Crippen molar-refractivity contribution < 1.29 is 0 Å². The summed E-state index contributed by atoms with van der Waals surface area (Å²) in [6, 6.07) is 94.2. The van der Waals surface area contributed by atoms with Crippen LogP contribution in [0.25, 0.3) is 71.3 Å². The second kappa shape index (κ2) is 16.2. The third-order valence-electron chi connectivity index (χ3n) is 12.7. The molecule has 0 amide bonds.